The third-order valence-electron chi connectivity index (χ3n) is 1.00. The van der Waals surface area contributed by atoms with Crippen molar-refractivity contribution in [1.82, 2.24) is 5.32 Å². The summed E-state index contributed by atoms with van der Waals surface area (Å²) in [6.45, 7) is 4.44. The molecule has 3 N–H and O–H groups in total. The first-order valence-corrected chi connectivity index (χ1v) is 6.88. The summed E-state index contributed by atoms with van der Waals surface area (Å²) < 4.78 is 18.8. The minimum absolute atomic E-state index is 0.0352. The van der Waals surface area contributed by atoms with Crippen molar-refractivity contribution in [3.63, 3.8) is 0 Å². The Morgan fingerprint density at radius 2 is 2.36 bits per heavy atom. The molecule has 1 unspecified atom stereocenters. The Balaban J connectivity index is 3.28. The summed E-state index contributed by atoms with van der Waals surface area (Å²) in [6, 6.07) is 0. The first kappa shape index (κ1) is 11.2. The molecule has 0 bridgehead atoms. The Morgan fingerprint density at radius 1 is 1.73 bits per heavy atom. The number of hydrogen-bond donors (Lipinski definition) is 3. The zero-order valence-corrected chi connectivity index (χ0v) is 8.52. The summed E-state index contributed by atoms with van der Waals surface area (Å²) in [5, 5.41) is 11.9. The van der Waals surface area contributed by atoms with Crippen LogP contribution in [0.5, 0.6) is 0 Å². The minimum atomic E-state index is -3.11. The van der Waals surface area contributed by atoms with Crippen molar-refractivity contribution < 1.29 is 11.7 Å². The fourth-order valence-electron chi connectivity index (χ4n) is 0.576. The van der Waals surface area contributed by atoms with Crippen molar-refractivity contribution in [2.24, 2.45) is 0 Å². The number of hydrogen-bond acceptors (Lipinski definition) is 3. The van der Waals surface area contributed by atoms with Gasteiger partial charge in [-0.3, -0.25) is 0 Å². The first-order valence-electron chi connectivity index (χ1n) is 3.24. The van der Waals surface area contributed by atoms with Gasteiger partial charge in [-0.25, -0.2) is 0 Å². The third kappa shape index (κ3) is 8.11. The van der Waals surface area contributed by atoms with E-state index in [0.717, 1.165) is 0 Å². The predicted octanol–water partition coefficient (Wildman–Crippen LogP) is -0.966. The summed E-state index contributed by atoms with van der Waals surface area (Å²) in [5.74, 6) is 0. The summed E-state index contributed by atoms with van der Waals surface area (Å²) in [5.41, 5.74) is 0. The molecule has 0 spiro atoms. The van der Waals surface area contributed by atoms with Gasteiger partial charge in [0, 0.05) is 0 Å². The van der Waals surface area contributed by atoms with Crippen molar-refractivity contribution in [2.45, 2.75) is 10.6 Å². The van der Waals surface area contributed by atoms with Crippen LogP contribution in [-0.4, -0.2) is 47.7 Å². The molecule has 0 aromatic rings. The molecule has 66 valence electrons. The zero-order valence-electron chi connectivity index (χ0n) is 6.19. The zero-order chi connectivity index (χ0) is 8.69. The van der Waals surface area contributed by atoms with E-state index in [1.54, 1.807) is 6.08 Å². The quantitative estimate of drug-likeness (QED) is 0.331. The maximum absolute atomic E-state index is 10.3. The average molecular weight is 275 g/mol. The second kappa shape index (κ2) is 6.89. The van der Waals surface area contributed by atoms with Crippen LogP contribution in [0.25, 0.3) is 0 Å². The van der Waals surface area contributed by atoms with Crippen molar-refractivity contribution >= 4 is 19.9 Å². The van der Waals surface area contributed by atoms with Crippen molar-refractivity contribution in [2.75, 3.05) is 13.1 Å². The average Bonchev–Trinajstić information content (AvgIpc) is 1.86. The van der Waals surface area contributed by atoms with Crippen molar-refractivity contribution in [3.8, 4) is 0 Å². The summed E-state index contributed by atoms with van der Waals surface area (Å²) in [7, 11) is 0. The molecule has 0 fully saturated rings. The predicted molar refractivity (Wildman–Crippen MR) is 42.5 cm³/mol. The van der Waals surface area contributed by atoms with Crippen LogP contribution in [-0.2, 0) is 3.10 Å². The van der Waals surface area contributed by atoms with E-state index in [0.29, 0.717) is 13.1 Å². The Bertz CT molecular complexity index is 140. The normalized spacial score (nSPS) is 13.4. The maximum atomic E-state index is 10.3. The standard InChI is InChI=1S/C6H13NO3Te/c1-2-3-7-4-6(8)5-11(9)10/h2,6-8H,1,3-5H2,(H,9,10). The fraction of sp³-hybridized carbons (Fsp3) is 0.667. The van der Waals surface area contributed by atoms with Crippen LogP contribution >= 0.6 is 0 Å². The Hall–Kier alpha value is 0.210. The van der Waals surface area contributed by atoms with Crippen LogP contribution in [0.15, 0.2) is 12.7 Å². The molecule has 4 nitrogen and oxygen atoms in total. The molecule has 11 heavy (non-hydrogen) atoms. The van der Waals surface area contributed by atoms with E-state index in [1.807, 2.05) is 0 Å². The fourth-order valence-corrected chi connectivity index (χ4v) is 1.85. The van der Waals surface area contributed by atoms with Gasteiger partial charge in [0.25, 0.3) is 0 Å². The van der Waals surface area contributed by atoms with Crippen molar-refractivity contribution in [3.05, 3.63) is 12.7 Å². The van der Waals surface area contributed by atoms with E-state index in [2.05, 4.69) is 11.9 Å². The Kier molecular flexibility index (Phi) is 7.02. The number of aliphatic hydroxyl groups is 1. The summed E-state index contributed by atoms with van der Waals surface area (Å²) in [4.78, 5) is 0. The molecule has 0 aliphatic heterocycles. The van der Waals surface area contributed by atoms with Gasteiger partial charge in [-0.1, -0.05) is 0 Å². The van der Waals surface area contributed by atoms with Gasteiger partial charge in [-0.05, 0) is 0 Å². The molecule has 0 aromatic carbocycles. The van der Waals surface area contributed by atoms with E-state index in [1.165, 1.54) is 0 Å². The van der Waals surface area contributed by atoms with Crippen LogP contribution in [0, 0.1) is 0 Å². The van der Waals surface area contributed by atoms with E-state index < -0.39 is 26.1 Å². The van der Waals surface area contributed by atoms with Gasteiger partial charge in [-0.2, -0.15) is 0 Å². The van der Waals surface area contributed by atoms with E-state index >= 15 is 0 Å². The SMILES string of the molecule is C=CCNCC(O)C[Te](=O)O. The van der Waals surface area contributed by atoms with Crippen LogP contribution in [0.3, 0.4) is 0 Å². The molecule has 0 radical (unpaired) electrons. The van der Waals surface area contributed by atoms with E-state index in [9.17, 15) is 3.10 Å². The monoisotopic (exact) mass is 277 g/mol. The van der Waals surface area contributed by atoms with Gasteiger partial charge in [0.1, 0.15) is 0 Å². The van der Waals surface area contributed by atoms with Crippen LogP contribution < -0.4 is 5.32 Å². The molecule has 0 heterocycles. The number of aliphatic hydroxyl groups excluding tert-OH is 1. The van der Waals surface area contributed by atoms with E-state index in [-0.39, 0.29) is 4.47 Å². The number of nitrogens with one attached hydrogen (secondary N) is 1. The summed E-state index contributed by atoms with van der Waals surface area (Å²) >= 11 is -3.11. The van der Waals surface area contributed by atoms with Gasteiger partial charge < -0.3 is 0 Å². The van der Waals surface area contributed by atoms with Crippen LogP contribution in [0.1, 0.15) is 0 Å². The molecule has 0 amide bonds. The number of rotatable bonds is 6. The Morgan fingerprint density at radius 3 is 2.82 bits per heavy atom. The van der Waals surface area contributed by atoms with Crippen LogP contribution in [0.2, 0.25) is 4.47 Å². The third-order valence-corrected chi connectivity index (χ3v) is 2.92. The molecule has 0 aromatic heterocycles. The molecular weight excluding hydrogens is 262 g/mol. The van der Waals surface area contributed by atoms with Gasteiger partial charge >= 0.3 is 73.3 Å². The molecular formula is C6H13NO3Te. The molecule has 0 aliphatic rings. The van der Waals surface area contributed by atoms with E-state index in [4.69, 9.17) is 8.58 Å². The van der Waals surface area contributed by atoms with Crippen LogP contribution in [0.4, 0.5) is 0 Å². The molecule has 5 heteroatoms. The molecule has 0 rings (SSSR count). The van der Waals surface area contributed by atoms with Crippen molar-refractivity contribution in [1.29, 1.82) is 0 Å². The first-order chi connectivity index (χ1) is 5.16. The molecule has 0 saturated carbocycles. The van der Waals surface area contributed by atoms with Gasteiger partial charge in [0.2, 0.25) is 0 Å². The molecule has 1 atom stereocenters. The second-order valence-corrected chi connectivity index (χ2v) is 4.88. The molecule has 0 saturated heterocycles. The van der Waals surface area contributed by atoms with Gasteiger partial charge in [0.15, 0.2) is 0 Å². The topological polar surface area (TPSA) is 69.6 Å². The molecule has 0 aliphatic carbocycles. The van der Waals surface area contributed by atoms with Gasteiger partial charge in [-0.15, -0.1) is 0 Å². The summed E-state index contributed by atoms with van der Waals surface area (Å²) in [6.07, 6.45) is 0.967. The van der Waals surface area contributed by atoms with Gasteiger partial charge in [0.05, 0.1) is 0 Å². The second-order valence-electron chi connectivity index (χ2n) is 2.09. The Labute approximate surface area is 73.5 Å².